The van der Waals surface area contributed by atoms with Gasteiger partial charge in [-0.15, -0.1) is 0 Å². The van der Waals surface area contributed by atoms with Gasteiger partial charge in [-0.05, 0) is 82.0 Å². The summed E-state index contributed by atoms with van der Waals surface area (Å²) in [4.78, 5) is 0. The zero-order valence-corrected chi connectivity index (χ0v) is 17.1. The number of rotatable bonds is 7. The van der Waals surface area contributed by atoms with Crippen molar-refractivity contribution in [2.75, 3.05) is 6.61 Å². The van der Waals surface area contributed by atoms with E-state index in [1.807, 2.05) is 50.2 Å². The Morgan fingerprint density at radius 2 is 1.52 bits per heavy atom. The third kappa shape index (κ3) is 5.57. The second-order valence-corrected chi connectivity index (χ2v) is 7.78. The van der Waals surface area contributed by atoms with Crippen LogP contribution in [-0.4, -0.2) is 12.7 Å². The summed E-state index contributed by atoms with van der Waals surface area (Å²) >= 11 is 11.3. The molecule has 2 aromatic rings. The van der Waals surface area contributed by atoms with E-state index < -0.39 is 0 Å². The first-order valence-electron chi connectivity index (χ1n) is 9.26. The van der Waals surface area contributed by atoms with Crippen molar-refractivity contribution in [1.29, 1.82) is 0 Å². The van der Waals surface area contributed by atoms with E-state index in [0.29, 0.717) is 6.61 Å². The minimum absolute atomic E-state index is 0.153. The van der Waals surface area contributed by atoms with Gasteiger partial charge in [-0.3, -0.25) is 0 Å². The largest absolute Gasteiger partial charge is 0.491 e. The van der Waals surface area contributed by atoms with Crippen molar-refractivity contribution < 1.29 is 14.2 Å². The normalized spacial score (nSPS) is 13.1. The van der Waals surface area contributed by atoms with Crippen molar-refractivity contribution in [2.45, 2.75) is 45.6 Å². The van der Waals surface area contributed by atoms with Gasteiger partial charge in [0, 0.05) is 11.1 Å². The van der Waals surface area contributed by atoms with Crippen LogP contribution >= 0.6 is 23.2 Å². The molecule has 144 valence electrons. The van der Waals surface area contributed by atoms with E-state index >= 15 is 0 Å². The molecule has 1 aliphatic rings. The number of hydrogen-bond donors (Lipinski definition) is 0. The second-order valence-electron chi connectivity index (χ2n) is 6.77. The third-order valence-electron chi connectivity index (χ3n) is 4.35. The standard InChI is InChI=1S/C22H24Cl2O3/c1-15(2)26-16-7-9-17(10-8-16)27-21-12-11-20(25-14-13-22(23)24)18-5-3-4-6-19(18)21/h7-13,15H,3-6,14H2,1-2H3. The van der Waals surface area contributed by atoms with Gasteiger partial charge in [-0.1, -0.05) is 23.2 Å². The van der Waals surface area contributed by atoms with Gasteiger partial charge in [0.2, 0.25) is 0 Å². The minimum Gasteiger partial charge on any atom is -0.491 e. The zero-order chi connectivity index (χ0) is 19.2. The fourth-order valence-corrected chi connectivity index (χ4v) is 3.34. The summed E-state index contributed by atoms with van der Waals surface area (Å²) in [5, 5.41) is 0. The Kier molecular flexibility index (Phi) is 6.92. The van der Waals surface area contributed by atoms with E-state index in [9.17, 15) is 0 Å². The highest BCUT2D eigenvalue weighted by molar-refractivity contribution is 6.55. The Bertz CT molecular complexity index is 794. The summed E-state index contributed by atoms with van der Waals surface area (Å²) in [6, 6.07) is 11.7. The molecule has 0 atom stereocenters. The summed E-state index contributed by atoms with van der Waals surface area (Å²) in [7, 11) is 0. The average molecular weight is 407 g/mol. The fourth-order valence-electron chi connectivity index (χ4n) is 3.21. The molecule has 0 radical (unpaired) electrons. The smallest absolute Gasteiger partial charge is 0.131 e. The lowest BCUT2D eigenvalue weighted by molar-refractivity contribution is 0.242. The summed E-state index contributed by atoms with van der Waals surface area (Å²) in [6.07, 6.45) is 6.08. The highest BCUT2D eigenvalue weighted by Crippen LogP contribution is 2.38. The van der Waals surface area contributed by atoms with Gasteiger partial charge in [0.1, 0.15) is 34.1 Å². The van der Waals surface area contributed by atoms with E-state index in [4.69, 9.17) is 37.4 Å². The topological polar surface area (TPSA) is 27.7 Å². The van der Waals surface area contributed by atoms with Crippen molar-refractivity contribution in [3.05, 3.63) is 58.1 Å². The van der Waals surface area contributed by atoms with Crippen LogP contribution in [0.15, 0.2) is 47.0 Å². The maximum atomic E-state index is 6.17. The molecule has 1 aliphatic carbocycles. The number of fused-ring (bicyclic) bond motifs is 1. The summed E-state index contributed by atoms with van der Waals surface area (Å²) in [6.45, 7) is 4.38. The summed E-state index contributed by atoms with van der Waals surface area (Å²) in [5.41, 5.74) is 2.44. The molecular formula is C22H24Cl2O3. The molecule has 5 heteroatoms. The van der Waals surface area contributed by atoms with Gasteiger partial charge in [-0.25, -0.2) is 0 Å². The maximum absolute atomic E-state index is 6.17. The lowest BCUT2D eigenvalue weighted by Gasteiger charge is -2.22. The van der Waals surface area contributed by atoms with Crippen LogP contribution in [0.3, 0.4) is 0 Å². The number of benzene rings is 2. The Balaban J connectivity index is 1.78. The van der Waals surface area contributed by atoms with Crippen LogP contribution in [-0.2, 0) is 12.8 Å². The second kappa shape index (κ2) is 9.38. The van der Waals surface area contributed by atoms with Gasteiger partial charge in [0.05, 0.1) is 6.10 Å². The summed E-state index contributed by atoms with van der Waals surface area (Å²) in [5.74, 6) is 3.41. The van der Waals surface area contributed by atoms with Gasteiger partial charge < -0.3 is 14.2 Å². The molecule has 3 nitrogen and oxygen atoms in total. The van der Waals surface area contributed by atoms with Crippen LogP contribution in [0.5, 0.6) is 23.0 Å². The highest BCUT2D eigenvalue weighted by Gasteiger charge is 2.19. The van der Waals surface area contributed by atoms with Gasteiger partial charge in [0.15, 0.2) is 0 Å². The quantitative estimate of drug-likeness (QED) is 0.503. The van der Waals surface area contributed by atoms with Crippen LogP contribution in [0.25, 0.3) is 0 Å². The first kappa shape index (κ1) is 19.9. The van der Waals surface area contributed by atoms with Crippen LogP contribution in [0.2, 0.25) is 0 Å². The van der Waals surface area contributed by atoms with E-state index in [2.05, 4.69) is 0 Å². The molecule has 0 unspecified atom stereocenters. The van der Waals surface area contributed by atoms with Crippen molar-refractivity contribution in [3.8, 4) is 23.0 Å². The van der Waals surface area contributed by atoms with Crippen LogP contribution in [0, 0.1) is 0 Å². The molecule has 2 aromatic carbocycles. The maximum Gasteiger partial charge on any atom is 0.131 e. The molecule has 0 spiro atoms. The molecule has 0 heterocycles. The fraction of sp³-hybridized carbons (Fsp3) is 0.364. The molecule has 0 saturated carbocycles. The molecule has 27 heavy (non-hydrogen) atoms. The molecule has 0 aromatic heterocycles. The average Bonchev–Trinajstić information content (AvgIpc) is 2.64. The van der Waals surface area contributed by atoms with Crippen LogP contribution in [0.1, 0.15) is 37.8 Å². The molecule has 0 N–H and O–H groups in total. The van der Waals surface area contributed by atoms with Crippen molar-refractivity contribution in [3.63, 3.8) is 0 Å². The van der Waals surface area contributed by atoms with Crippen LogP contribution < -0.4 is 14.2 Å². The minimum atomic E-state index is 0.153. The Labute approximate surface area is 170 Å². The van der Waals surface area contributed by atoms with Crippen molar-refractivity contribution >= 4 is 23.2 Å². The number of hydrogen-bond acceptors (Lipinski definition) is 3. The molecular weight excluding hydrogens is 383 g/mol. The molecule has 0 fully saturated rings. The van der Waals surface area contributed by atoms with E-state index in [0.717, 1.165) is 48.7 Å². The number of ether oxygens (including phenoxy) is 3. The van der Waals surface area contributed by atoms with Crippen molar-refractivity contribution in [1.82, 2.24) is 0 Å². The molecule has 0 aliphatic heterocycles. The Morgan fingerprint density at radius 3 is 2.15 bits per heavy atom. The monoisotopic (exact) mass is 406 g/mol. The van der Waals surface area contributed by atoms with E-state index in [1.165, 1.54) is 11.1 Å². The molecule has 0 bridgehead atoms. The van der Waals surface area contributed by atoms with Gasteiger partial charge in [-0.2, -0.15) is 0 Å². The molecule has 0 saturated heterocycles. The third-order valence-corrected chi connectivity index (χ3v) is 4.66. The van der Waals surface area contributed by atoms with E-state index in [-0.39, 0.29) is 10.6 Å². The van der Waals surface area contributed by atoms with Crippen LogP contribution in [0.4, 0.5) is 0 Å². The summed E-state index contributed by atoms with van der Waals surface area (Å²) < 4.78 is 17.9. The van der Waals surface area contributed by atoms with Crippen molar-refractivity contribution in [2.24, 2.45) is 0 Å². The first-order valence-corrected chi connectivity index (χ1v) is 10.0. The van der Waals surface area contributed by atoms with Gasteiger partial charge in [0.25, 0.3) is 0 Å². The Morgan fingerprint density at radius 1 is 0.926 bits per heavy atom. The lowest BCUT2D eigenvalue weighted by Crippen LogP contribution is -2.08. The zero-order valence-electron chi connectivity index (χ0n) is 15.6. The highest BCUT2D eigenvalue weighted by atomic mass is 35.5. The van der Waals surface area contributed by atoms with E-state index in [1.54, 1.807) is 6.08 Å². The molecule has 3 rings (SSSR count). The lowest BCUT2D eigenvalue weighted by atomic mass is 9.90. The predicted octanol–water partition coefficient (Wildman–Crippen LogP) is 6.84. The number of halogens is 2. The SMILES string of the molecule is CC(C)Oc1ccc(Oc2ccc(OCC=C(Cl)Cl)c3c2CCCC3)cc1. The molecule has 0 amide bonds. The predicted molar refractivity (Wildman–Crippen MR) is 111 cm³/mol. The Hall–Kier alpha value is -1.84. The first-order chi connectivity index (χ1) is 13.0. The van der Waals surface area contributed by atoms with Gasteiger partial charge >= 0.3 is 0 Å².